The molecule has 0 amide bonds. The fourth-order valence-electron chi connectivity index (χ4n) is 1.16. The number of rotatable bonds is 1. The maximum absolute atomic E-state index is 2.99. The van der Waals surface area contributed by atoms with Crippen molar-refractivity contribution in [3.8, 4) is 11.1 Å². The molecule has 0 unspecified atom stereocenters. The van der Waals surface area contributed by atoms with Gasteiger partial charge in [-0.05, 0) is 11.1 Å². The lowest BCUT2D eigenvalue weighted by Gasteiger charge is -1.93. The molecule has 2 N–H and O–H groups in total. The van der Waals surface area contributed by atoms with Gasteiger partial charge >= 0.3 is 0 Å². The van der Waals surface area contributed by atoms with Crippen LogP contribution in [-0.4, -0.2) is 0 Å². The molecule has 2 aromatic heterocycles. The van der Waals surface area contributed by atoms with E-state index >= 15 is 0 Å². The van der Waals surface area contributed by atoms with Crippen LogP contribution in [0, 0.1) is 0 Å². The summed E-state index contributed by atoms with van der Waals surface area (Å²) < 4.78 is 0. The van der Waals surface area contributed by atoms with Gasteiger partial charge in [0.05, 0.1) is 0 Å². The lowest BCUT2D eigenvalue weighted by Crippen LogP contribution is -1.99. The second-order valence-electron chi connectivity index (χ2n) is 2.58. The number of halogens is 2. The van der Waals surface area contributed by atoms with E-state index in [1.54, 1.807) is 0 Å². The van der Waals surface area contributed by atoms with E-state index in [0.717, 1.165) is 0 Å². The molecule has 74 valence electrons. The molecule has 2 rings (SSSR count). The minimum absolute atomic E-state index is 0. The van der Waals surface area contributed by atoms with Gasteiger partial charge in [0, 0.05) is 24.3 Å². The fraction of sp³-hybridized carbons (Fsp3) is 0. The summed E-state index contributed by atoms with van der Waals surface area (Å²) in [7, 11) is 0. The molecular weight excluding hydrogens is 219 g/mol. The summed E-state index contributed by atoms with van der Waals surface area (Å²) in [6.07, 6.45) is 7.69. The Bertz CT molecular complexity index is 314. The first-order chi connectivity index (χ1) is 5.97. The SMILES string of the molecule is Cl.Cl.c1cc(-c2cc[nH+]cc2)cc[nH+]1. The third-order valence-electron chi connectivity index (χ3n) is 1.77. The van der Waals surface area contributed by atoms with Gasteiger partial charge < -0.3 is 0 Å². The third-order valence-corrected chi connectivity index (χ3v) is 1.77. The van der Waals surface area contributed by atoms with Crippen molar-refractivity contribution in [2.45, 2.75) is 0 Å². The van der Waals surface area contributed by atoms with E-state index in [4.69, 9.17) is 0 Å². The van der Waals surface area contributed by atoms with Gasteiger partial charge in [0.15, 0.2) is 24.8 Å². The molecule has 0 bridgehead atoms. The molecular formula is C10H12Cl2N2+2. The highest BCUT2D eigenvalue weighted by Crippen LogP contribution is 2.14. The zero-order valence-corrected chi connectivity index (χ0v) is 9.07. The summed E-state index contributed by atoms with van der Waals surface area (Å²) in [6.45, 7) is 0. The van der Waals surface area contributed by atoms with Gasteiger partial charge in [-0.1, -0.05) is 0 Å². The molecule has 0 spiro atoms. The number of nitrogens with one attached hydrogen (secondary N) is 2. The van der Waals surface area contributed by atoms with Gasteiger partial charge in [0.25, 0.3) is 0 Å². The molecule has 2 heterocycles. The Morgan fingerprint density at radius 2 is 0.857 bits per heavy atom. The van der Waals surface area contributed by atoms with Gasteiger partial charge in [0.2, 0.25) is 0 Å². The third kappa shape index (κ3) is 2.98. The van der Waals surface area contributed by atoms with Crippen LogP contribution in [0.3, 0.4) is 0 Å². The summed E-state index contributed by atoms with van der Waals surface area (Å²) in [6, 6.07) is 8.20. The van der Waals surface area contributed by atoms with Crippen molar-refractivity contribution >= 4 is 24.8 Å². The highest BCUT2D eigenvalue weighted by Gasteiger charge is 1.97. The molecule has 0 aliphatic heterocycles. The molecule has 0 atom stereocenters. The van der Waals surface area contributed by atoms with Crippen molar-refractivity contribution in [2.24, 2.45) is 0 Å². The molecule has 0 aromatic carbocycles. The van der Waals surface area contributed by atoms with E-state index < -0.39 is 0 Å². The zero-order valence-electron chi connectivity index (χ0n) is 7.44. The molecule has 0 aliphatic carbocycles. The van der Waals surface area contributed by atoms with Crippen LogP contribution in [0.5, 0.6) is 0 Å². The van der Waals surface area contributed by atoms with E-state index in [1.807, 2.05) is 24.8 Å². The van der Waals surface area contributed by atoms with Crippen LogP contribution in [-0.2, 0) is 0 Å². The molecule has 2 nitrogen and oxygen atoms in total. The number of aromatic nitrogens is 2. The Balaban J connectivity index is 0.000000845. The summed E-state index contributed by atoms with van der Waals surface area (Å²) in [4.78, 5) is 5.99. The van der Waals surface area contributed by atoms with Crippen molar-refractivity contribution in [1.82, 2.24) is 0 Å². The molecule has 14 heavy (non-hydrogen) atoms. The van der Waals surface area contributed by atoms with Gasteiger partial charge in [0.1, 0.15) is 0 Å². The van der Waals surface area contributed by atoms with Crippen LogP contribution < -0.4 is 9.97 Å². The summed E-state index contributed by atoms with van der Waals surface area (Å²) in [5.41, 5.74) is 2.45. The van der Waals surface area contributed by atoms with Crippen molar-refractivity contribution in [2.75, 3.05) is 0 Å². The van der Waals surface area contributed by atoms with Crippen LogP contribution in [0.2, 0.25) is 0 Å². The number of H-pyrrole nitrogens is 2. The van der Waals surface area contributed by atoms with Crippen LogP contribution in [0.1, 0.15) is 0 Å². The van der Waals surface area contributed by atoms with E-state index in [0.29, 0.717) is 0 Å². The van der Waals surface area contributed by atoms with E-state index in [-0.39, 0.29) is 24.8 Å². The summed E-state index contributed by atoms with van der Waals surface area (Å²) in [5.74, 6) is 0. The largest absolute Gasteiger partial charge is 0.218 e. The fourth-order valence-corrected chi connectivity index (χ4v) is 1.16. The summed E-state index contributed by atoms with van der Waals surface area (Å²) >= 11 is 0. The topological polar surface area (TPSA) is 28.3 Å². The molecule has 0 fully saturated rings. The van der Waals surface area contributed by atoms with E-state index in [9.17, 15) is 0 Å². The van der Waals surface area contributed by atoms with E-state index in [2.05, 4.69) is 34.2 Å². The number of hydrogen-bond acceptors (Lipinski definition) is 0. The molecule has 2 aromatic rings. The number of aromatic amines is 2. The van der Waals surface area contributed by atoms with Crippen LogP contribution in [0.25, 0.3) is 11.1 Å². The second-order valence-corrected chi connectivity index (χ2v) is 2.58. The molecule has 0 radical (unpaired) electrons. The normalized spacial score (nSPS) is 8.29. The van der Waals surface area contributed by atoms with Crippen molar-refractivity contribution in [1.29, 1.82) is 0 Å². The van der Waals surface area contributed by atoms with Gasteiger partial charge in [-0.3, -0.25) is 0 Å². The highest BCUT2D eigenvalue weighted by molar-refractivity contribution is 5.85. The lowest BCUT2D eigenvalue weighted by atomic mass is 10.1. The summed E-state index contributed by atoms with van der Waals surface area (Å²) in [5, 5.41) is 0. The Labute approximate surface area is 95.2 Å². The van der Waals surface area contributed by atoms with Gasteiger partial charge in [-0.15, -0.1) is 24.8 Å². The standard InChI is InChI=1S/C10H8N2.2ClH/c1-5-11-6-2-9(1)10-3-7-12-8-4-10;;/h1-8H;2*1H/p+2. The molecule has 0 saturated heterocycles. The average Bonchev–Trinajstić information content (AvgIpc) is 2.21. The quantitative estimate of drug-likeness (QED) is 0.716. The maximum Gasteiger partial charge on any atom is 0.167 e. The van der Waals surface area contributed by atoms with E-state index in [1.165, 1.54) is 11.1 Å². The van der Waals surface area contributed by atoms with Crippen molar-refractivity contribution in [3.63, 3.8) is 0 Å². The second kappa shape index (κ2) is 6.35. The first-order valence-corrected chi connectivity index (χ1v) is 3.89. The monoisotopic (exact) mass is 230 g/mol. The Kier molecular flexibility index (Phi) is 5.84. The Morgan fingerprint density at radius 3 is 1.14 bits per heavy atom. The Hall–Kier alpha value is -1.12. The molecule has 0 aliphatic rings. The van der Waals surface area contributed by atoms with Crippen LogP contribution in [0.4, 0.5) is 0 Å². The predicted molar refractivity (Wildman–Crippen MR) is 59.5 cm³/mol. The van der Waals surface area contributed by atoms with Crippen LogP contribution in [0.15, 0.2) is 49.1 Å². The molecule has 0 saturated carbocycles. The Morgan fingerprint density at radius 1 is 0.571 bits per heavy atom. The van der Waals surface area contributed by atoms with Gasteiger partial charge in [-0.25, -0.2) is 9.97 Å². The first kappa shape index (κ1) is 12.9. The average molecular weight is 231 g/mol. The smallest absolute Gasteiger partial charge is 0.167 e. The zero-order chi connectivity index (χ0) is 8.23. The van der Waals surface area contributed by atoms with Crippen LogP contribution >= 0.6 is 24.8 Å². The van der Waals surface area contributed by atoms with Gasteiger partial charge in [-0.2, -0.15) is 0 Å². The lowest BCUT2D eigenvalue weighted by molar-refractivity contribution is -0.378. The maximum atomic E-state index is 2.99. The minimum atomic E-state index is 0. The number of pyridine rings is 2. The first-order valence-electron chi connectivity index (χ1n) is 3.89. The van der Waals surface area contributed by atoms with Crippen molar-refractivity contribution in [3.05, 3.63) is 49.1 Å². The highest BCUT2D eigenvalue weighted by atomic mass is 35.5. The molecule has 4 heteroatoms. The predicted octanol–water partition coefficient (Wildman–Crippen LogP) is 1.83. The number of hydrogen-bond donors (Lipinski definition) is 0. The minimum Gasteiger partial charge on any atom is -0.218 e. The van der Waals surface area contributed by atoms with Crippen molar-refractivity contribution < 1.29 is 9.97 Å².